The first kappa shape index (κ1) is 18.8. The largest absolute Gasteiger partial charge is 0.378 e. The van der Waals surface area contributed by atoms with Crippen LogP contribution in [0.2, 0.25) is 0 Å². The molecule has 8 heteroatoms. The van der Waals surface area contributed by atoms with Crippen LogP contribution in [-0.4, -0.2) is 52.8 Å². The lowest BCUT2D eigenvalue weighted by molar-refractivity contribution is -0.384. The summed E-state index contributed by atoms with van der Waals surface area (Å²) >= 11 is 0. The summed E-state index contributed by atoms with van der Waals surface area (Å²) in [5, 5.41) is 11.0. The molecule has 2 heterocycles. The summed E-state index contributed by atoms with van der Waals surface area (Å²) in [7, 11) is 0. The van der Waals surface area contributed by atoms with Gasteiger partial charge in [-0.05, 0) is 23.3 Å². The van der Waals surface area contributed by atoms with Gasteiger partial charge in [0, 0.05) is 25.2 Å². The zero-order chi connectivity index (χ0) is 20.4. The number of rotatable bonds is 5. The van der Waals surface area contributed by atoms with E-state index in [4.69, 9.17) is 4.74 Å². The Balaban J connectivity index is 1.73. The monoisotopic (exact) mass is 393 g/mol. The minimum absolute atomic E-state index is 0.0693. The van der Waals surface area contributed by atoms with Crippen molar-refractivity contribution in [2.24, 2.45) is 0 Å². The van der Waals surface area contributed by atoms with E-state index in [1.54, 1.807) is 0 Å². The first-order chi connectivity index (χ1) is 14.1. The zero-order valence-electron chi connectivity index (χ0n) is 15.6. The number of hydrogen-bond acceptors (Lipinski definition) is 6. The van der Waals surface area contributed by atoms with Gasteiger partial charge in [-0.2, -0.15) is 0 Å². The van der Waals surface area contributed by atoms with E-state index in [-0.39, 0.29) is 23.7 Å². The summed E-state index contributed by atoms with van der Waals surface area (Å²) in [5.74, 6) is -0.747. The summed E-state index contributed by atoms with van der Waals surface area (Å²) in [6, 6.07) is 15.0. The Morgan fingerprint density at radius 2 is 1.59 bits per heavy atom. The van der Waals surface area contributed by atoms with Gasteiger partial charge in [0.05, 0.1) is 30.3 Å². The molecule has 0 saturated carbocycles. The van der Waals surface area contributed by atoms with Gasteiger partial charge in [0.1, 0.15) is 5.70 Å². The third-order valence-electron chi connectivity index (χ3n) is 5.02. The number of hydrogen-bond donors (Lipinski definition) is 0. The molecule has 29 heavy (non-hydrogen) atoms. The molecule has 8 nitrogen and oxygen atoms in total. The van der Waals surface area contributed by atoms with Gasteiger partial charge >= 0.3 is 0 Å². The molecular formula is C21H19N3O5. The number of carbonyl (C=O) groups is 2. The number of imide groups is 1. The van der Waals surface area contributed by atoms with Crippen LogP contribution >= 0.6 is 0 Å². The van der Waals surface area contributed by atoms with E-state index in [1.165, 1.54) is 29.2 Å². The lowest BCUT2D eigenvalue weighted by atomic mass is 10.0. The minimum Gasteiger partial charge on any atom is -0.378 e. The zero-order valence-corrected chi connectivity index (χ0v) is 15.6. The predicted octanol–water partition coefficient (Wildman–Crippen LogP) is 2.21. The Kier molecular flexibility index (Phi) is 5.09. The highest BCUT2D eigenvalue weighted by Crippen LogP contribution is 2.33. The molecular weight excluding hydrogens is 374 g/mol. The van der Waals surface area contributed by atoms with Crippen molar-refractivity contribution >= 4 is 23.1 Å². The van der Waals surface area contributed by atoms with Crippen molar-refractivity contribution in [2.75, 3.05) is 26.3 Å². The smallest absolute Gasteiger partial charge is 0.278 e. The average molecular weight is 393 g/mol. The molecule has 0 bridgehead atoms. The highest BCUT2D eigenvalue weighted by molar-refractivity contribution is 6.35. The van der Waals surface area contributed by atoms with Crippen LogP contribution in [0.25, 0.3) is 5.57 Å². The second kappa shape index (κ2) is 7.84. The number of amides is 2. The highest BCUT2D eigenvalue weighted by atomic mass is 16.6. The second-order valence-corrected chi connectivity index (χ2v) is 6.81. The van der Waals surface area contributed by atoms with Crippen molar-refractivity contribution in [3.63, 3.8) is 0 Å². The van der Waals surface area contributed by atoms with Crippen molar-refractivity contribution in [1.29, 1.82) is 0 Å². The van der Waals surface area contributed by atoms with Gasteiger partial charge in [0.2, 0.25) is 0 Å². The maximum Gasteiger partial charge on any atom is 0.278 e. The predicted molar refractivity (Wildman–Crippen MR) is 104 cm³/mol. The van der Waals surface area contributed by atoms with Gasteiger partial charge in [0.15, 0.2) is 0 Å². The second-order valence-electron chi connectivity index (χ2n) is 6.81. The van der Waals surface area contributed by atoms with Crippen molar-refractivity contribution in [3.8, 4) is 0 Å². The van der Waals surface area contributed by atoms with Crippen LogP contribution < -0.4 is 0 Å². The number of ether oxygens (including phenoxy) is 1. The number of nitrogens with zero attached hydrogens (tertiary/aromatic N) is 3. The van der Waals surface area contributed by atoms with Gasteiger partial charge in [-0.25, -0.2) is 0 Å². The van der Waals surface area contributed by atoms with E-state index in [0.717, 1.165) is 5.56 Å². The van der Waals surface area contributed by atoms with Crippen LogP contribution in [0.15, 0.2) is 60.3 Å². The van der Waals surface area contributed by atoms with Crippen molar-refractivity contribution in [1.82, 2.24) is 9.80 Å². The molecule has 2 aromatic rings. The van der Waals surface area contributed by atoms with Crippen LogP contribution in [-0.2, 0) is 20.9 Å². The number of nitro groups is 1. The van der Waals surface area contributed by atoms with Crippen LogP contribution in [0.1, 0.15) is 11.1 Å². The number of nitro benzene ring substituents is 1. The van der Waals surface area contributed by atoms with Crippen molar-refractivity contribution in [2.45, 2.75) is 6.54 Å². The fourth-order valence-electron chi connectivity index (χ4n) is 3.56. The van der Waals surface area contributed by atoms with E-state index in [0.29, 0.717) is 37.6 Å². The summed E-state index contributed by atoms with van der Waals surface area (Å²) in [6.07, 6.45) is 0. The quantitative estimate of drug-likeness (QED) is 0.439. The minimum atomic E-state index is -0.496. The molecule has 148 valence electrons. The molecule has 2 aliphatic rings. The van der Waals surface area contributed by atoms with E-state index in [1.807, 2.05) is 35.2 Å². The standard InChI is InChI=1S/C21H19N3O5/c25-20-18(16-6-8-17(9-7-16)24(27)28)19(22-10-12-29-13-11-22)21(26)23(20)14-15-4-2-1-3-5-15/h1-9H,10-14H2. The molecule has 0 atom stereocenters. The Morgan fingerprint density at radius 3 is 2.21 bits per heavy atom. The molecule has 4 rings (SSSR count). The lowest BCUT2D eigenvalue weighted by Crippen LogP contribution is -2.40. The van der Waals surface area contributed by atoms with E-state index in [9.17, 15) is 19.7 Å². The molecule has 2 aliphatic heterocycles. The average Bonchev–Trinajstić information content (AvgIpc) is 3.00. The summed E-state index contributed by atoms with van der Waals surface area (Å²) in [5.41, 5.74) is 1.89. The maximum absolute atomic E-state index is 13.2. The van der Waals surface area contributed by atoms with Gasteiger partial charge < -0.3 is 9.64 Å². The Morgan fingerprint density at radius 1 is 0.931 bits per heavy atom. The van der Waals surface area contributed by atoms with Crippen LogP contribution in [0.4, 0.5) is 5.69 Å². The summed E-state index contributed by atoms with van der Waals surface area (Å²) in [4.78, 5) is 40.0. The normalized spacial score (nSPS) is 17.2. The van der Waals surface area contributed by atoms with Crippen molar-refractivity contribution in [3.05, 3.63) is 81.5 Å². The van der Waals surface area contributed by atoms with Gasteiger partial charge in [-0.3, -0.25) is 24.6 Å². The molecule has 2 amide bonds. The van der Waals surface area contributed by atoms with Crippen LogP contribution in [0.5, 0.6) is 0 Å². The fourth-order valence-corrected chi connectivity index (χ4v) is 3.56. The van der Waals surface area contributed by atoms with Gasteiger partial charge in [-0.15, -0.1) is 0 Å². The number of non-ortho nitro benzene ring substituents is 1. The Labute approximate surface area is 167 Å². The third-order valence-corrected chi connectivity index (χ3v) is 5.02. The topological polar surface area (TPSA) is 93.0 Å². The molecule has 2 aromatic carbocycles. The fraction of sp³-hybridized carbons (Fsp3) is 0.238. The first-order valence-corrected chi connectivity index (χ1v) is 9.28. The SMILES string of the molecule is O=C1C(c2ccc([N+](=O)[O-])cc2)=C(N2CCOCC2)C(=O)N1Cc1ccccc1. The van der Waals surface area contributed by atoms with Gasteiger partial charge in [0.25, 0.3) is 17.5 Å². The summed E-state index contributed by atoms with van der Waals surface area (Å²) in [6.45, 7) is 2.12. The molecule has 1 fully saturated rings. The van der Waals surface area contributed by atoms with Crippen molar-refractivity contribution < 1.29 is 19.2 Å². The van der Waals surface area contributed by atoms with Gasteiger partial charge in [-0.1, -0.05) is 30.3 Å². The van der Waals surface area contributed by atoms with E-state index in [2.05, 4.69) is 0 Å². The lowest BCUT2D eigenvalue weighted by Gasteiger charge is -2.29. The summed E-state index contributed by atoms with van der Waals surface area (Å²) < 4.78 is 5.38. The highest BCUT2D eigenvalue weighted by Gasteiger charge is 2.41. The third kappa shape index (κ3) is 3.62. The van der Waals surface area contributed by atoms with E-state index >= 15 is 0 Å². The maximum atomic E-state index is 13.2. The Hall–Kier alpha value is -3.52. The molecule has 0 unspecified atom stereocenters. The molecule has 0 radical (unpaired) electrons. The molecule has 0 aromatic heterocycles. The molecule has 0 aliphatic carbocycles. The molecule has 0 spiro atoms. The molecule has 1 saturated heterocycles. The molecule has 0 N–H and O–H groups in total. The first-order valence-electron chi connectivity index (χ1n) is 9.28. The number of benzene rings is 2. The van der Waals surface area contributed by atoms with E-state index < -0.39 is 10.8 Å². The Bertz CT molecular complexity index is 979. The number of morpholine rings is 1. The van der Waals surface area contributed by atoms with Crippen LogP contribution in [0, 0.1) is 10.1 Å². The van der Waals surface area contributed by atoms with Crippen LogP contribution in [0.3, 0.4) is 0 Å². The number of carbonyl (C=O) groups excluding carboxylic acids is 2.